The largest absolute Gasteiger partial charge is 0.478 e. The summed E-state index contributed by atoms with van der Waals surface area (Å²) in [5.41, 5.74) is 1.56. The van der Waals surface area contributed by atoms with Gasteiger partial charge in [0.15, 0.2) is 0 Å². The lowest BCUT2D eigenvalue weighted by Gasteiger charge is -2.09. The van der Waals surface area contributed by atoms with Crippen molar-refractivity contribution in [2.24, 2.45) is 0 Å². The molecule has 0 unspecified atom stereocenters. The molecule has 0 amide bonds. The number of aromatic nitrogens is 2. The molecule has 132 valence electrons. The van der Waals surface area contributed by atoms with Gasteiger partial charge in [-0.15, -0.1) is 0 Å². The number of aromatic carboxylic acids is 1. The smallest absolute Gasteiger partial charge is 0.335 e. The van der Waals surface area contributed by atoms with E-state index >= 15 is 0 Å². The van der Waals surface area contributed by atoms with Gasteiger partial charge in [-0.1, -0.05) is 18.2 Å². The molecule has 0 fully saturated rings. The molecule has 0 aliphatic heterocycles. The zero-order valence-corrected chi connectivity index (χ0v) is 13.8. The van der Waals surface area contributed by atoms with Crippen LogP contribution in [0.3, 0.4) is 0 Å². The number of halogens is 1. The number of carboxylic acids is 1. The summed E-state index contributed by atoms with van der Waals surface area (Å²) in [4.78, 5) is 19.3. The average molecular weight is 352 g/mol. The first-order valence-electron chi connectivity index (χ1n) is 8.02. The predicted molar refractivity (Wildman–Crippen MR) is 97.3 cm³/mol. The van der Waals surface area contributed by atoms with Crippen molar-refractivity contribution >= 4 is 23.4 Å². The number of hydrogen-bond donors (Lipinski definition) is 3. The van der Waals surface area contributed by atoms with E-state index in [2.05, 4.69) is 20.6 Å². The molecule has 26 heavy (non-hydrogen) atoms. The summed E-state index contributed by atoms with van der Waals surface area (Å²) >= 11 is 0. The van der Waals surface area contributed by atoms with Crippen molar-refractivity contribution in [2.45, 2.75) is 6.42 Å². The van der Waals surface area contributed by atoms with Crippen molar-refractivity contribution in [3.8, 4) is 0 Å². The Morgan fingerprint density at radius 3 is 2.58 bits per heavy atom. The maximum Gasteiger partial charge on any atom is 0.335 e. The fraction of sp³-hybridized carbons (Fsp3) is 0.105. The lowest BCUT2D eigenvalue weighted by molar-refractivity contribution is 0.0697. The lowest BCUT2D eigenvalue weighted by Crippen LogP contribution is -2.09. The molecule has 0 radical (unpaired) electrons. The first-order valence-corrected chi connectivity index (χ1v) is 8.02. The Kier molecular flexibility index (Phi) is 5.38. The summed E-state index contributed by atoms with van der Waals surface area (Å²) in [7, 11) is 0. The fourth-order valence-electron chi connectivity index (χ4n) is 2.37. The van der Waals surface area contributed by atoms with Gasteiger partial charge in [-0.3, -0.25) is 0 Å². The molecule has 0 spiro atoms. The quantitative estimate of drug-likeness (QED) is 0.601. The number of benzene rings is 2. The molecule has 0 aliphatic carbocycles. The van der Waals surface area contributed by atoms with Crippen LogP contribution in [0, 0.1) is 5.82 Å². The third-order valence-electron chi connectivity index (χ3n) is 3.70. The molecule has 0 saturated heterocycles. The summed E-state index contributed by atoms with van der Waals surface area (Å²) in [6.07, 6.45) is 2.12. The summed E-state index contributed by atoms with van der Waals surface area (Å²) in [5, 5.41) is 15.1. The molecule has 3 aromatic rings. The van der Waals surface area contributed by atoms with Crippen LogP contribution in [0.2, 0.25) is 0 Å². The molecule has 1 aromatic heterocycles. The van der Waals surface area contributed by atoms with E-state index in [9.17, 15) is 9.18 Å². The number of nitrogens with one attached hydrogen (secondary N) is 2. The number of carboxylic acid groups (broad SMARTS) is 1. The monoisotopic (exact) mass is 352 g/mol. The maximum atomic E-state index is 13.6. The molecule has 7 heteroatoms. The van der Waals surface area contributed by atoms with Gasteiger partial charge in [0.25, 0.3) is 0 Å². The van der Waals surface area contributed by atoms with Crippen LogP contribution < -0.4 is 10.6 Å². The van der Waals surface area contributed by atoms with Crippen LogP contribution in [0.25, 0.3) is 0 Å². The van der Waals surface area contributed by atoms with Crippen molar-refractivity contribution in [1.82, 2.24) is 9.97 Å². The molecule has 1 heterocycles. The highest BCUT2D eigenvalue weighted by molar-refractivity contribution is 5.88. The third kappa shape index (κ3) is 4.54. The second-order valence-corrected chi connectivity index (χ2v) is 5.54. The van der Waals surface area contributed by atoms with E-state index in [0.717, 1.165) is 0 Å². The second kappa shape index (κ2) is 8.06. The summed E-state index contributed by atoms with van der Waals surface area (Å²) in [6.45, 7) is 0.498. The SMILES string of the molecule is O=C(O)c1ccc(Nc2ccnc(NCCc3ccccc3F)n2)cc1. The molecule has 0 saturated carbocycles. The Balaban J connectivity index is 1.59. The molecule has 0 aliphatic rings. The number of hydrogen-bond acceptors (Lipinski definition) is 5. The fourth-order valence-corrected chi connectivity index (χ4v) is 2.37. The van der Waals surface area contributed by atoms with Gasteiger partial charge in [0.1, 0.15) is 11.6 Å². The maximum absolute atomic E-state index is 13.6. The molecule has 3 rings (SSSR count). The van der Waals surface area contributed by atoms with Crippen LogP contribution >= 0.6 is 0 Å². The number of anilines is 3. The minimum absolute atomic E-state index is 0.216. The molecule has 3 N–H and O–H groups in total. The Hall–Kier alpha value is -3.48. The highest BCUT2D eigenvalue weighted by atomic mass is 19.1. The Bertz CT molecular complexity index is 900. The number of rotatable bonds is 7. The van der Waals surface area contributed by atoms with E-state index in [1.807, 2.05) is 0 Å². The minimum Gasteiger partial charge on any atom is -0.478 e. The third-order valence-corrected chi connectivity index (χ3v) is 3.70. The van der Waals surface area contributed by atoms with E-state index in [1.165, 1.54) is 18.2 Å². The standard InChI is InChI=1S/C19H17FN4O2/c20-16-4-2-1-3-13(16)9-11-21-19-22-12-10-17(24-19)23-15-7-5-14(6-8-15)18(25)26/h1-8,10,12H,9,11H2,(H,25,26)(H2,21,22,23,24). The summed E-state index contributed by atoms with van der Waals surface area (Å²) in [5.74, 6) is -0.208. The minimum atomic E-state index is -0.972. The van der Waals surface area contributed by atoms with Crippen LogP contribution in [0.5, 0.6) is 0 Å². The van der Waals surface area contributed by atoms with Crippen LogP contribution in [-0.2, 0) is 6.42 Å². The van der Waals surface area contributed by atoms with E-state index in [4.69, 9.17) is 5.11 Å². The first-order chi connectivity index (χ1) is 12.6. The van der Waals surface area contributed by atoms with Gasteiger partial charge in [-0.2, -0.15) is 4.98 Å². The van der Waals surface area contributed by atoms with Crippen LogP contribution in [0.1, 0.15) is 15.9 Å². The van der Waals surface area contributed by atoms with Gasteiger partial charge in [0, 0.05) is 18.4 Å². The van der Waals surface area contributed by atoms with E-state index < -0.39 is 5.97 Å². The Morgan fingerprint density at radius 1 is 1.08 bits per heavy atom. The van der Waals surface area contributed by atoms with E-state index in [1.54, 1.807) is 42.6 Å². The van der Waals surface area contributed by atoms with Gasteiger partial charge in [-0.05, 0) is 48.4 Å². The molecule has 0 atom stereocenters. The van der Waals surface area contributed by atoms with Crippen molar-refractivity contribution in [1.29, 1.82) is 0 Å². The van der Waals surface area contributed by atoms with Crippen LogP contribution in [0.15, 0.2) is 60.8 Å². The van der Waals surface area contributed by atoms with Crippen molar-refractivity contribution in [2.75, 3.05) is 17.2 Å². The van der Waals surface area contributed by atoms with Gasteiger partial charge < -0.3 is 15.7 Å². The second-order valence-electron chi connectivity index (χ2n) is 5.54. The van der Waals surface area contributed by atoms with E-state index in [0.29, 0.717) is 36.0 Å². The summed E-state index contributed by atoms with van der Waals surface area (Å²) < 4.78 is 13.6. The molecular weight excluding hydrogens is 335 g/mol. The Morgan fingerprint density at radius 2 is 1.85 bits per heavy atom. The topological polar surface area (TPSA) is 87.1 Å². The molecule has 6 nitrogen and oxygen atoms in total. The van der Waals surface area contributed by atoms with Gasteiger partial charge in [0.2, 0.25) is 5.95 Å². The van der Waals surface area contributed by atoms with Crippen LogP contribution in [-0.4, -0.2) is 27.6 Å². The van der Waals surface area contributed by atoms with Crippen LogP contribution in [0.4, 0.5) is 21.8 Å². The zero-order valence-electron chi connectivity index (χ0n) is 13.8. The molecule has 0 bridgehead atoms. The average Bonchev–Trinajstić information content (AvgIpc) is 2.64. The molecular formula is C19H17FN4O2. The predicted octanol–water partition coefficient (Wildman–Crippen LogP) is 3.71. The van der Waals surface area contributed by atoms with E-state index in [-0.39, 0.29) is 11.4 Å². The van der Waals surface area contributed by atoms with Gasteiger partial charge in [-0.25, -0.2) is 14.2 Å². The van der Waals surface area contributed by atoms with Crippen molar-refractivity contribution in [3.63, 3.8) is 0 Å². The Labute approximate surface area is 149 Å². The first kappa shape index (κ1) is 17.3. The highest BCUT2D eigenvalue weighted by Gasteiger charge is 2.04. The van der Waals surface area contributed by atoms with Gasteiger partial charge >= 0.3 is 5.97 Å². The normalized spacial score (nSPS) is 10.3. The van der Waals surface area contributed by atoms with Crippen molar-refractivity contribution in [3.05, 3.63) is 77.7 Å². The highest BCUT2D eigenvalue weighted by Crippen LogP contribution is 2.16. The van der Waals surface area contributed by atoms with Gasteiger partial charge in [0.05, 0.1) is 5.56 Å². The zero-order chi connectivity index (χ0) is 18.4. The number of nitrogens with zero attached hydrogens (tertiary/aromatic N) is 2. The summed E-state index contributed by atoms with van der Waals surface area (Å²) in [6, 6.07) is 14.7. The van der Waals surface area contributed by atoms with Crippen molar-refractivity contribution < 1.29 is 14.3 Å². The number of carbonyl (C=O) groups is 1. The lowest BCUT2D eigenvalue weighted by atomic mass is 10.1. The molecule has 2 aromatic carbocycles.